The molecule has 0 radical (unpaired) electrons. The fraction of sp³-hybridized carbons (Fsp3) is 0.250. The van der Waals surface area contributed by atoms with E-state index in [2.05, 4.69) is 65.9 Å². The van der Waals surface area contributed by atoms with Gasteiger partial charge in [-0.1, -0.05) is 41.4 Å². The molecular formula is C16H19B. The van der Waals surface area contributed by atoms with E-state index in [1.165, 1.54) is 38.8 Å². The molecule has 0 bridgehead atoms. The molecule has 0 fully saturated rings. The van der Waals surface area contributed by atoms with Crippen LogP contribution in [0, 0.1) is 27.7 Å². The van der Waals surface area contributed by atoms with Gasteiger partial charge in [-0.25, -0.2) is 0 Å². The quantitative estimate of drug-likeness (QED) is 0.651. The normalized spacial score (nSPS) is 10.6. The summed E-state index contributed by atoms with van der Waals surface area (Å²) in [6.07, 6.45) is 0. The van der Waals surface area contributed by atoms with Crippen molar-refractivity contribution in [2.45, 2.75) is 27.7 Å². The first-order chi connectivity index (χ1) is 8.04. The molecule has 0 heterocycles. The van der Waals surface area contributed by atoms with Gasteiger partial charge in [0.2, 0.25) is 0 Å². The Morgan fingerprint density at radius 2 is 1.24 bits per heavy atom. The van der Waals surface area contributed by atoms with Gasteiger partial charge in [-0.2, -0.15) is 0 Å². The fourth-order valence-corrected chi connectivity index (χ4v) is 2.54. The molecule has 2 rings (SSSR count). The predicted octanol–water partition coefficient (Wildman–Crippen LogP) is 2.85. The van der Waals surface area contributed by atoms with Gasteiger partial charge < -0.3 is 0 Å². The van der Waals surface area contributed by atoms with Gasteiger partial charge in [-0.15, -0.1) is 0 Å². The standard InChI is InChI=1S/C16H19B/c1-10-11(2)13(4)16(17)15(12(10)3)14-8-6-5-7-9-14/h5-9H,17H2,1-4H3. The van der Waals surface area contributed by atoms with E-state index in [-0.39, 0.29) is 0 Å². The Kier molecular flexibility index (Phi) is 3.10. The summed E-state index contributed by atoms with van der Waals surface area (Å²) in [7, 11) is 2.23. The Hall–Kier alpha value is -1.50. The van der Waals surface area contributed by atoms with Crippen LogP contribution in [0.1, 0.15) is 22.3 Å². The maximum Gasteiger partial charge on any atom is 0.140 e. The molecule has 2 aromatic carbocycles. The minimum atomic E-state index is 1.33. The summed E-state index contributed by atoms with van der Waals surface area (Å²) < 4.78 is 0. The van der Waals surface area contributed by atoms with Gasteiger partial charge in [-0.3, -0.25) is 0 Å². The molecule has 0 saturated heterocycles. The van der Waals surface area contributed by atoms with Crippen molar-refractivity contribution >= 4 is 13.3 Å². The van der Waals surface area contributed by atoms with E-state index in [0.717, 1.165) is 0 Å². The monoisotopic (exact) mass is 222 g/mol. The average molecular weight is 222 g/mol. The molecule has 0 N–H and O–H groups in total. The Morgan fingerprint density at radius 3 is 1.82 bits per heavy atom. The summed E-state index contributed by atoms with van der Waals surface area (Å²) in [5, 5.41) is 0. The minimum Gasteiger partial charge on any atom is -0.0779 e. The van der Waals surface area contributed by atoms with Crippen LogP contribution in [-0.2, 0) is 0 Å². The third kappa shape index (κ3) is 1.91. The van der Waals surface area contributed by atoms with Crippen LogP contribution in [0.15, 0.2) is 30.3 Å². The zero-order valence-electron chi connectivity index (χ0n) is 11.4. The molecule has 0 aliphatic heterocycles. The van der Waals surface area contributed by atoms with Crippen molar-refractivity contribution in [2.75, 3.05) is 0 Å². The molecule has 2 aromatic rings. The lowest BCUT2D eigenvalue weighted by Crippen LogP contribution is -2.16. The van der Waals surface area contributed by atoms with Crippen molar-refractivity contribution in [1.29, 1.82) is 0 Å². The number of hydrogen-bond donors (Lipinski definition) is 0. The van der Waals surface area contributed by atoms with Crippen molar-refractivity contribution < 1.29 is 0 Å². The van der Waals surface area contributed by atoms with E-state index in [1.54, 1.807) is 0 Å². The second-order valence-electron chi connectivity index (χ2n) is 4.87. The van der Waals surface area contributed by atoms with Crippen molar-refractivity contribution in [3.63, 3.8) is 0 Å². The molecule has 0 unspecified atom stereocenters. The zero-order chi connectivity index (χ0) is 12.6. The van der Waals surface area contributed by atoms with E-state index in [9.17, 15) is 0 Å². The van der Waals surface area contributed by atoms with Crippen LogP contribution in [0.2, 0.25) is 0 Å². The number of benzene rings is 2. The van der Waals surface area contributed by atoms with Gasteiger partial charge in [-0.05, 0) is 55.5 Å². The predicted molar refractivity (Wildman–Crippen MR) is 79.0 cm³/mol. The smallest absolute Gasteiger partial charge is 0.0779 e. The summed E-state index contributed by atoms with van der Waals surface area (Å²) in [5.74, 6) is 0. The van der Waals surface area contributed by atoms with Crippen LogP contribution in [0.25, 0.3) is 11.1 Å². The van der Waals surface area contributed by atoms with Crippen LogP contribution in [0.4, 0.5) is 0 Å². The van der Waals surface area contributed by atoms with Gasteiger partial charge in [0.15, 0.2) is 0 Å². The summed E-state index contributed by atoms with van der Waals surface area (Å²) in [5.41, 5.74) is 9.84. The van der Waals surface area contributed by atoms with E-state index in [4.69, 9.17) is 0 Å². The maximum atomic E-state index is 2.23. The molecule has 0 aliphatic carbocycles. The number of rotatable bonds is 1. The summed E-state index contributed by atoms with van der Waals surface area (Å²) >= 11 is 0. The first kappa shape index (κ1) is 12.0. The lowest BCUT2D eigenvalue weighted by Gasteiger charge is -2.19. The molecule has 0 atom stereocenters. The van der Waals surface area contributed by atoms with Crippen molar-refractivity contribution in [1.82, 2.24) is 0 Å². The minimum absolute atomic E-state index is 1.33. The maximum absolute atomic E-state index is 2.23. The van der Waals surface area contributed by atoms with E-state index in [1.807, 2.05) is 0 Å². The van der Waals surface area contributed by atoms with Crippen LogP contribution in [0.3, 0.4) is 0 Å². The van der Waals surface area contributed by atoms with E-state index < -0.39 is 0 Å². The zero-order valence-corrected chi connectivity index (χ0v) is 11.4. The number of hydrogen-bond acceptors (Lipinski definition) is 0. The largest absolute Gasteiger partial charge is 0.140 e. The van der Waals surface area contributed by atoms with Gasteiger partial charge in [0.05, 0.1) is 0 Å². The Morgan fingerprint density at radius 1 is 0.706 bits per heavy atom. The topological polar surface area (TPSA) is 0 Å². The Bertz CT molecular complexity index is 524. The molecule has 1 heteroatoms. The molecule has 86 valence electrons. The fourth-order valence-electron chi connectivity index (χ4n) is 2.54. The van der Waals surface area contributed by atoms with E-state index in [0.29, 0.717) is 0 Å². The van der Waals surface area contributed by atoms with Gasteiger partial charge in [0.25, 0.3) is 0 Å². The third-order valence-electron chi connectivity index (χ3n) is 4.06. The lowest BCUT2D eigenvalue weighted by molar-refractivity contribution is 1.23. The first-order valence-electron chi connectivity index (χ1n) is 6.16. The second kappa shape index (κ2) is 4.41. The molecular weight excluding hydrogens is 203 g/mol. The molecule has 17 heavy (non-hydrogen) atoms. The molecule has 0 aliphatic rings. The molecule has 0 saturated carbocycles. The van der Waals surface area contributed by atoms with Crippen molar-refractivity contribution in [2.24, 2.45) is 0 Å². The Balaban J connectivity index is 2.80. The van der Waals surface area contributed by atoms with Crippen LogP contribution >= 0.6 is 0 Å². The molecule has 0 aromatic heterocycles. The Labute approximate surface area is 105 Å². The highest BCUT2D eigenvalue weighted by Gasteiger charge is 2.12. The molecule has 0 spiro atoms. The van der Waals surface area contributed by atoms with Crippen LogP contribution in [0.5, 0.6) is 0 Å². The lowest BCUT2D eigenvalue weighted by atomic mass is 9.77. The van der Waals surface area contributed by atoms with Gasteiger partial charge in [0.1, 0.15) is 7.85 Å². The summed E-state index contributed by atoms with van der Waals surface area (Å²) in [4.78, 5) is 0. The SMILES string of the molecule is Bc1c(C)c(C)c(C)c(C)c1-c1ccccc1. The highest BCUT2D eigenvalue weighted by molar-refractivity contribution is 6.37. The molecule has 0 amide bonds. The summed E-state index contributed by atoms with van der Waals surface area (Å²) in [6, 6.07) is 10.7. The first-order valence-corrected chi connectivity index (χ1v) is 6.16. The highest BCUT2D eigenvalue weighted by Crippen LogP contribution is 2.27. The van der Waals surface area contributed by atoms with Gasteiger partial charge >= 0.3 is 0 Å². The van der Waals surface area contributed by atoms with Crippen molar-refractivity contribution in [3.8, 4) is 11.1 Å². The molecule has 0 nitrogen and oxygen atoms in total. The average Bonchev–Trinajstić information content (AvgIpc) is 2.36. The van der Waals surface area contributed by atoms with Gasteiger partial charge in [0, 0.05) is 0 Å². The van der Waals surface area contributed by atoms with E-state index >= 15 is 0 Å². The summed E-state index contributed by atoms with van der Waals surface area (Å²) in [6.45, 7) is 8.91. The highest BCUT2D eigenvalue weighted by atomic mass is 14.2. The third-order valence-corrected chi connectivity index (χ3v) is 4.06. The van der Waals surface area contributed by atoms with Crippen LogP contribution < -0.4 is 5.46 Å². The second-order valence-corrected chi connectivity index (χ2v) is 4.87. The van der Waals surface area contributed by atoms with Crippen molar-refractivity contribution in [3.05, 3.63) is 52.6 Å². The van der Waals surface area contributed by atoms with Crippen LogP contribution in [-0.4, -0.2) is 7.85 Å².